The smallest absolute Gasteiger partial charge is 0.425 e. The van der Waals surface area contributed by atoms with E-state index in [-0.39, 0.29) is 17.2 Å². The number of alkyl halides is 5. The van der Waals surface area contributed by atoms with Crippen LogP contribution in [0.15, 0.2) is 30.5 Å². The molecule has 138 valence electrons. The summed E-state index contributed by atoms with van der Waals surface area (Å²) in [5.74, 6) is -4.08. The molecule has 26 heavy (non-hydrogen) atoms. The zero-order chi connectivity index (χ0) is 19.1. The Hall–Kier alpha value is -2.85. The lowest BCUT2D eigenvalue weighted by atomic mass is 10.2. The van der Waals surface area contributed by atoms with Crippen LogP contribution in [0, 0.1) is 0 Å². The first-order chi connectivity index (χ1) is 12.1. The Balaban J connectivity index is 1.90. The van der Waals surface area contributed by atoms with Gasteiger partial charge in [0.15, 0.2) is 11.8 Å². The van der Waals surface area contributed by atoms with Crippen molar-refractivity contribution in [1.82, 2.24) is 24.8 Å². The third-order valence-corrected chi connectivity index (χ3v) is 3.45. The highest BCUT2D eigenvalue weighted by molar-refractivity contribution is 5.59. The minimum atomic E-state index is -4.51. The molecule has 6 nitrogen and oxygen atoms in total. The molecule has 0 radical (unpaired) electrons. The molecule has 3 aromatic heterocycles. The molecule has 0 N–H and O–H groups in total. The summed E-state index contributed by atoms with van der Waals surface area (Å²) in [5.41, 5.74) is 0.806. The Labute approximate surface area is 143 Å². The van der Waals surface area contributed by atoms with Crippen LogP contribution in [-0.2, 0) is 5.92 Å². The van der Waals surface area contributed by atoms with Gasteiger partial charge in [-0.15, -0.1) is 10.2 Å². The first-order valence-electron chi connectivity index (χ1n) is 7.36. The molecule has 0 fully saturated rings. The highest BCUT2D eigenvalue weighted by Gasteiger charge is 2.38. The Morgan fingerprint density at radius 3 is 2.35 bits per heavy atom. The van der Waals surface area contributed by atoms with E-state index in [0.29, 0.717) is 12.5 Å². The lowest BCUT2D eigenvalue weighted by Gasteiger charge is -2.16. The minimum Gasteiger partial charge on any atom is -0.465 e. The molecule has 1 atom stereocenters. The molecule has 11 heteroatoms. The molecule has 0 spiro atoms. The fraction of sp³-hybridized carbons (Fsp3) is 0.333. The van der Waals surface area contributed by atoms with Crippen LogP contribution >= 0.6 is 0 Å². The number of halogens is 5. The Morgan fingerprint density at radius 1 is 1.04 bits per heavy atom. The van der Waals surface area contributed by atoms with Crippen molar-refractivity contribution >= 4 is 5.65 Å². The molecule has 0 aromatic carbocycles. The van der Waals surface area contributed by atoms with Crippen LogP contribution in [-0.4, -0.2) is 37.1 Å². The summed E-state index contributed by atoms with van der Waals surface area (Å²) in [5, 5.41) is 11.1. The molecule has 0 saturated carbocycles. The molecular formula is C15H12F5N5O. The zero-order valence-electron chi connectivity index (χ0n) is 13.5. The molecule has 0 aliphatic heterocycles. The second-order valence-corrected chi connectivity index (χ2v) is 5.59. The fourth-order valence-corrected chi connectivity index (χ4v) is 2.07. The van der Waals surface area contributed by atoms with Gasteiger partial charge in [0.25, 0.3) is 0 Å². The van der Waals surface area contributed by atoms with E-state index in [0.717, 1.165) is 11.4 Å². The maximum absolute atomic E-state index is 13.5. The number of ether oxygens (including phenoxy) is 1. The summed E-state index contributed by atoms with van der Waals surface area (Å²) in [4.78, 5) is 3.80. The topological polar surface area (TPSA) is 65.2 Å². The van der Waals surface area contributed by atoms with E-state index < -0.39 is 24.0 Å². The second-order valence-electron chi connectivity index (χ2n) is 5.59. The summed E-state index contributed by atoms with van der Waals surface area (Å²) < 4.78 is 70.2. The van der Waals surface area contributed by atoms with E-state index in [9.17, 15) is 22.0 Å². The van der Waals surface area contributed by atoms with Gasteiger partial charge in [-0.25, -0.2) is 4.98 Å². The normalized spacial score (nSPS) is 13.8. The molecule has 0 unspecified atom stereocenters. The summed E-state index contributed by atoms with van der Waals surface area (Å²) in [6.45, 7) is 1.54. The maximum Gasteiger partial charge on any atom is 0.425 e. The van der Waals surface area contributed by atoms with E-state index in [2.05, 4.69) is 20.3 Å². The molecule has 3 rings (SSSR count). The van der Waals surface area contributed by atoms with Gasteiger partial charge in [-0.1, -0.05) is 0 Å². The van der Waals surface area contributed by atoms with Crippen molar-refractivity contribution in [1.29, 1.82) is 0 Å². The minimum absolute atomic E-state index is 0.136. The third kappa shape index (κ3) is 3.55. The largest absolute Gasteiger partial charge is 0.465 e. The fourth-order valence-electron chi connectivity index (χ4n) is 2.07. The highest BCUT2D eigenvalue weighted by Crippen LogP contribution is 2.27. The standard InChI is InChI=1S/C15H12F5N5O/c1-8(15(18,19)20)26-12-6-3-9(7-21-12)10-4-5-11-22-23-13(14(2,16)17)25(11)24-10/h3-8H,1-2H3/t8-/m1/s1. The van der Waals surface area contributed by atoms with Crippen molar-refractivity contribution in [3.05, 3.63) is 36.3 Å². The van der Waals surface area contributed by atoms with Crippen molar-refractivity contribution in [2.24, 2.45) is 0 Å². The monoisotopic (exact) mass is 373 g/mol. The molecule has 0 saturated heterocycles. The summed E-state index contributed by atoms with van der Waals surface area (Å²) >= 11 is 0. The summed E-state index contributed by atoms with van der Waals surface area (Å²) in [7, 11) is 0. The molecular weight excluding hydrogens is 361 g/mol. The first-order valence-corrected chi connectivity index (χ1v) is 7.36. The molecule has 3 aromatic rings. The number of pyridine rings is 1. The van der Waals surface area contributed by atoms with E-state index in [1.54, 1.807) is 0 Å². The highest BCUT2D eigenvalue weighted by atomic mass is 19.4. The first kappa shape index (κ1) is 18.0. The van der Waals surface area contributed by atoms with Crippen molar-refractivity contribution in [2.45, 2.75) is 32.1 Å². The average molecular weight is 373 g/mol. The van der Waals surface area contributed by atoms with E-state index >= 15 is 0 Å². The third-order valence-electron chi connectivity index (χ3n) is 3.45. The molecule has 0 amide bonds. The summed E-state index contributed by atoms with van der Waals surface area (Å²) in [6.07, 6.45) is -5.29. The van der Waals surface area contributed by atoms with Crippen molar-refractivity contribution < 1.29 is 26.7 Å². The second kappa shape index (κ2) is 6.15. The van der Waals surface area contributed by atoms with Crippen LogP contribution in [0.5, 0.6) is 5.88 Å². The lowest BCUT2D eigenvalue weighted by Crippen LogP contribution is -2.31. The van der Waals surface area contributed by atoms with E-state index in [4.69, 9.17) is 4.74 Å². The number of nitrogens with zero attached hydrogens (tertiary/aromatic N) is 5. The van der Waals surface area contributed by atoms with E-state index in [1.165, 1.54) is 30.5 Å². The molecule has 0 aliphatic carbocycles. The van der Waals surface area contributed by atoms with Crippen LogP contribution in [0.3, 0.4) is 0 Å². The van der Waals surface area contributed by atoms with Crippen LogP contribution in [0.2, 0.25) is 0 Å². The molecule has 0 aliphatic rings. The molecule has 3 heterocycles. The molecule has 0 bridgehead atoms. The van der Waals surface area contributed by atoms with Crippen LogP contribution in [0.25, 0.3) is 16.9 Å². The van der Waals surface area contributed by atoms with Crippen LogP contribution in [0.4, 0.5) is 22.0 Å². The van der Waals surface area contributed by atoms with E-state index in [1.807, 2.05) is 0 Å². The van der Waals surface area contributed by atoms with Gasteiger partial charge in [0.05, 0.1) is 5.69 Å². The Bertz CT molecular complexity index is 917. The Morgan fingerprint density at radius 2 is 1.77 bits per heavy atom. The van der Waals surface area contributed by atoms with Crippen LogP contribution in [0.1, 0.15) is 19.7 Å². The van der Waals surface area contributed by atoms with Gasteiger partial charge < -0.3 is 4.74 Å². The number of rotatable bonds is 4. The number of hydrogen-bond acceptors (Lipinski definition) is 5. The van der Waals surface area contributed by atoms with Gasteiger partial charge in [-0.05, 0) is 25.1 Å². The van der Waals surface area contributed by atoms with Gasteiger partial charge >= 0.3 is 12.1 Å². The lowest BCUT2D eigenvalue weighted by molar-refractivity contribution is -0.189. The zero-order valence-corrected chi connectivity index (χ0v) is 13.5. The van der Waals surface area contributed by atoms with Gasteiger partial charge in [0.2, 0.25) is 11.7 Å². The van der Waals surface area contributed by atoms with Gasteiger partial charge in [-0.3, -0.25) is 0 Å². The maximum atomic E-state index is 13.5. The SMILES string of the molecule is C[C@@H](Oc1ccc(-c2ccc3nnc(C(C)(F)F)n3n2)cn1)C(F)(F)F. The van der Waals surface area contributed by atoms with Gasteiger partial charge in [0, 0.05) is 24.8 Å². The average Bonchev–Trinajstić information content (AvgIpc) is 2.98. The predicted molar refractivity (Wildman–Crippen MR) is 79.7 cm³/mol. The number of aromatic nitrogens is 5. The van der Waals surface area contributed by atoms with Crippen molar-refractivity contribution in [3.63, 3.8) is 0 Å². The van der Waals surface area contributed by atoms with Crippen molar-refractivity contribution in [2.75, 3.05) is 0 Å². The number of fused-ring (bicyclic) bond motifs is 1. The van der Waals surface area contributed by atoms with Crippen LogP contribution < -0.4 is 4.74 Å². The van der Waals surface area contributed by atoms with Crippen molar-refractivity contribution in [3.8, 4) is 17.1 Å². The van der Waals surface area contributed by atoms with Gasteiger partial charge in [-0.2, -0.15) is 31.6 Å². The van der Waals surface area contributed by atoms with Gasteiger partial charge in [0.1, 0.15) is 0 Å². The quantitative estimate of drug-likeness (QED) is 0.654. The predicted octanol–water partition coefficient (Wildman–Crippen LogP) is 3.63. The number of hydrogen-bond donors (Lipinski definition) is 0. The Kier molecular flexibility index (Phi) is 4.24. The summed E-state index contributed by atoms with van der Waals surface area (Å²) in [6, 6.07) is 5.62.